The molecule has 0 radical (unpaired) electrons. The average molecular weight is 581 g/mol. The molecule has 6 rings (SSSR count). The number of rotatable bonds is 8. The zero-order chi connectivity index (χ0) is 27.9. The van der Waals surface area contributed by atoms with Crippen LogP contribution in [0.3, 0.4) is 0 Å². The number of pyridine rings is 1. The van der Waals surface area contributed by atoms with Gasteiger partial charge in [0.1, 0.15) is 16.5 Å². The third-order valence-corrected chi connectivity index (χ3v) is 10.9. The molecule has 2 fully saturated rings. The lowest BCUT2D eigenvalue weighted by molar-refractivity contribution is 0.373. The van der Waals surface area contributed by atoms with Crippen molar-refractivity contribution < 1.29 is 21.6 Å². The van der Waals surface area contributed by atoms with Gasteiger partial charge in [0.15, 0.2) is 0 Å². The lowest BCUT2D eigenvalue weighted by atomic mass is 10.1. The number of benzene rings is 2. The zero-order valence-corrected chi connectivity index (χ0v) is 23.4. The fourth-order valence-electron chi connectivity index (χ4n) is 4.74. The minimum Gasteiger partial charge on any atom is -0.495 e. The molecule has 208 valence electrons. The summed E-state index contributed by atoms with van der Waals surface area (Å²) in [5, 5.41) is -0.325. The first-order chi connectivity index (χ1) is 19.2. The van der Waals surface area contributed by atoms with Gasteiger partial charge in [-0.2, -0.15) is 4.31 Å². The van der Waals surface area contributed by atoms with Crippen LogP contribution in [0, 0.1) is 0 Å². The smallest absolute Gasteiger partial charge is 0.246 e. The van der Waals surface area contributed by atoms with Crippen molar-refractivity contribution in [1.29, 1.82) is 0 Å². The van der Waals surface area contributed by atoms with Crippen LogP contribution in [-0.2, 0) is 20.0 Å². The predicted molar refractivity (Wildman–Crippen MR) is 152 cm³/mol. The van der Waals surface area contributed by atoms with Crippen molar-refractivity contribution >= 4 is 42.6 Å². The van der Waals surface area contributed by atoms with Crippen LogP contribution >= 0.6 is 0 Å². The third-order valence-electron chi connectivity index (χ3n) is 7.07. The standard InChI is InChI=1S/C27H28N6O5S2/c1-38-25-4-2-3-5-26(25)40(36,37)33-12-10-32(11-13-33)27-18-29-23-9-6-19(15-24(23)30-27)20-14-21(17-28-16-20)31-39(34,35)22-7-8-22/h2-6,9,14-18,22,31H,7-8,10-13H2,1H3. The van der Waals surface area contributed by atoms with Gasteiger partial charge in [-0.3, -0.25) is 14.7 Å². The molecule has 1 N–H and O–H groups in total. The van der Waals surface area contributed by atoms with Crippen molar-refractivity contribution in [3.05, 3.63) is 67.1 Å². The molecule has 0 bridgehead atoms. The Morgan fingerprint density at radius 2 is 1.65 bits per heavy atom. The van der Waals surface area contributed by atoms with Crippen LogP contribution in [-0.4, -0.2) is 74.6 Å². The molecule has 40 heavy (non-hydrogen) atoms. The second kappa shape index (κ2) is 10.3. The number of ether oxygens (including phenoxy) is 1. The topological polar surface area (TPSA) is 135 Å². The highest BCUT2D eigenvalue weighted by molar-refractivity contribution is 7.93. The summed E-state index contributed by atoms with van der Waals surface area (Å²) in [6, 6.07) is 14.0. The molecule has 3 heterocycles. The fraction of sp³-hybridized carbons (Fsp3) is 0.296. The summed E-state index contributed by atoms with van der Waals surface area (Å²) in [5.41, 5.74) is 3.38. The van der Waals surface area contributed by atoms with Crippen molar-refractivity contribution in [2.45, 2.75) is 23.0 Å². The lowest BCUT2D eigenvalue weighted by Gasteiger charge is -2.34. The Hall–Kier alpha value is -3.81. The van der Waals surface area contributed by atoms with Crippen LogP contribution in [0.4, 0.5) is 11.5 Å². The van der Waals surface area contributed by atoms with Gasteiger partial charge in [0, 0.05) is 37.9 Å². The van der Waals surface area contributed by atoms with Crippen LogP contribution < -0.4 is 14.4 Å². The van der Waals surface area contributed by atoms with Crippen LogP contribution in [0.25, 0.3) is 22.2 Å². The fourth-order valence-corrected chi connectivity index (χ4v) is 7.68. The van der Waals surface area contributed by atoms with E-state index in [4.69, 9.17) is 9.72 Å². The number of nitrogens with one attached hydrogen (secondary N) is 1. The Bertz CT molecular complexity index is 1790. The number of nitrogens with zero attached hydrogens (tertiary/aromatic N) is 5. The van der Waals surface area contributed by atoms with Gasteiger partial charge in [-0.25, -0.2) is 21.8 Å². The van der Waals surface area contributed by atoms with E-state index in [1.807, 2.05) is 23.1 Å². The average Bonchev–Trinajstić information content (AvgIpc) is 3.83. The van der Waals surface area contributed by atoms with E-state index in [0.717, 1.165) is 11.1 Å². The molecule has 2 aliphatic rings. The third kappa shape index (κ3) is 5.19. The summed E-state index contributed by atoms with van der Waals surface area (Å²) >= 11 is 0. The Morgan fingerprint density at radius 1 is 0.875 bits per heavy atom. The largest absolute Gasteiger partial charge is 0.495 e. The summed E-state index contributed by atoms with van der Waals surface area (Å²) in [6.45, 7) is 1.52. The van der Waals surface area contributed by atoms with Gasteiger partial charge in [0.05, 0.1) is 41.5 Å². The van der Waals surface area contributed by atoms with E-state index in [-0.39, 0.29) is 10.1 Å². The Balaban J connectivity index is 1.20. The van der Waals surface area contributed by atoms with Crippen LogP contribution in [0.2, 0.25) is 0 Å². The Morgan fingerprint density at radius 3 is 2.40 bits per heavy atom. The maximum Gasteiger partial charge on any atom is 0.246 e. The summed E-state index contributed by atoms with van der Waals surface area (Å²) in [7, 11) is -5.63. The number of hydrogen-bond acceptors (Lipinski definition) is 9. The van der Waals surface area contributed by atoms with Gasteiger partial charge in [-0.15, -0.1) is 0 Å². The molecular weight excluding hydrogens is 552 g/mol. The number of piperazine rings is 1. The van der Waals surface area contributed by atoms with E-state index in [0.29, 0.717) is 67.3 Å². The van der Waals surface area contributed by atoms with Gasteiger partial charge in [0.25, 0.3) is 0 Å². The van der Waals surface area contributed by atoms with Crippen LogP contribution in [0.5, 0.6) is 5.75 Å². The first kappa shape index (κ1) is 26.4. The van der Waals surface area contributed by atoms with Gasteiger partial charge >= 0.3 is 0 Å². The van der Waals surface area contributed by atoms with Crippen LogP contribution in [0.15, 0.2) is 72.0 Å². The molecule has 1 saturated carbocycles. The Labute approximate surface area is 232 Å². The quantitative estimate of drug-likeness (QED) is 0.334. The van der Waals surface area contributed by atoms with Crippen molar-refractivity contribution in [2.75, 3.05) is 42.9 Å². The predicted octanol–water partition coefficient (Wildman–Crippen LogP) is 3.12. The maximum absolute atomic E-state index is 13.3. The summed E-state index contributed by atoms with van der Waals surface area (Å²) < 4.78 is 60.6. The number of methoxy groups -OCH3 is 1. The van der Waals surface area contributed by atoms with Crippen molar-refractivity contribution in [1.82, 2.24) is 19.3 Å². The normalized spacial score (nSPS) is 16.7. The molecule has 0 amide bonds. The molecule has 1 aliphatic heterocycles. The minimum absolute atomic E-state index is 0.155. The summed E-state index contributed by atoms with van der Waals surface area (Å²) in [4.78, 5) is 15.8. The van der Waals surface area contributed by atoms with Crippen molar-refractivity contribution in [2.24, 2.45) is 0 Å². The van der Waals surface area contributed by atoms with E-state index in [9.17, 15) is 16.8 Å². The second-order valence-electron chi connectivity index (χ2n) is 9.78. The van der Waals surface area contributed by atoms with E-state index in [1.54, 1.807) is 42.7 Å². The van der Waals surface area contributed by atoms with Crippen molar-refractivity contribution in [3.8, 4) is 16.9 Å². The van der Waals surface area contributed by atoms with E-state index >= 15 is 0 Å². The molecule has 2 aromatic heterocycles. The molecule has 0 atom stereocenters. The number of aromatic nitrogens is 3. The lowest BCUT2D eigenvalue weighted by Crippen LogP contribution is -2.49. The number of hydrogen-bond donors (Lipinski definition) is 1. The first-order valence-electron chi connectivity index (χ1n) is 12.9. The molecule has 11 nitrogen and oxygen atoms in total. The molecule has 4 aromatic rings. The first-order valence-corrected chi connectivity index (χ1v) is 15.9. The SMILES string of the molecule is COc1ccccc1S(=O)(=O)N1CCN(c2cnc3ccc(-c4cncc(NS(=O)(=O)C5CC5)c4)cc3n2)CC1. The van der Waals surface area contributed by atoms with E-state index in [2.05, 4.69) is 14.7 Å². The maximum atomic E-state index is 13.3. The van der Waals surface area contributed by atoms with Gasteiger partial charge in [0.2, 0.25) is 20.0 Å². The second-order valence-corrected chi connectivity index (χ2v) is 13.6. The molecule has 0 spiro atoms. The molecule has 2 aromatic carbocycles. The van der Waals surface area contributed by atoms with Crippen LogP contribution in [0.1, 0.15) is 12.8 Å². The molecule has 13 heteroatoms. The van der Waals surface area contributed by atoms with Gasteiger partial charge < -0.3 is 9.64 Å². The van der Waals surface area contributed by atoms with Gasteiger partial charge in [-0.05, 0) is 48.7 Å². The molecule has 1 saturated heterocycles. The molecular formula is C27H28N6O5S2. The molecule has 1 aliphatic carbocycles. The highest BCUT2D eigenvalue weighted by Crippen LogP contribution is 2.31. The number of sulfonamides is 2. The van der Waals surface area contributed by atoms with E-state index in [1.165, 1.54) is 17.6 Å². The number of para-hydroxylation sites is 1. The van der Waals surface area contributed by atoms with Crippen molar-refractivity contribution in [3.63, 3.8) is 0 Å². The summed E-state index contributed by atoms with van der Waals surface area (Å²) in [6.07, 6.45) is 6.23. The highest BCUT2D eigenvalue weighted by Gasteiger charge is 2.36. The summed E-state index contributed by atoms with van der Waals surface area (Å²) in [5.74, 6) is 0.977. The van der Waals surface area contributed by atoms with E-state index < -0.39 is 20.0 Å². The number of anilines is 2. The monoisotopic (exact) mass is 580 g/mol. The number of fused-ring (bicyclic) bond motifs is 1. The Kier molecular flexibility index (Phi) is 6.80. The molecule has 0 unspecified atom stereocenters. The highest BCUT2D eigenvalue weighted by atomic mass is 32.2. The minimum atomic E-state index is -3.70. The van der Waals surface area contributed by atoms with Gasteiger partial charge in [-0.1, -0.05) is 18.2 Å². The zero-order valence-electron chi connectivity index (χ0n) is 21.8.